The monoisotopic (exact) mass is 286 g/mol. The van der Waals surface area contributed by atoms with E-state index in [1.165, 1.54) is 16.2 Å². The standard InChI is InChI=1S/C13H22N2O3S/c1-8-10(19-11(14-8)9(2)18-6)12(16)15(5)7-13(3,4)17/h9,17H,7H2,1-6H3. The minimum absolute atomic E-state index is 0.119. The number of nitrogens with zero attached hydrogens (tertiary/aromatic N) is 2. The molecule has 0 aromatic carbocycles. The first kappa shape index (κ1) is 16.1. The van der Waals surface area contributed by atoms with Crippen molar-refractivity contribution in [1.29, 1.82) is 0 Å². The molecule has 0 aliphatic rings. The molecule has 1 amide bonds. The molecule has 0 bridgehead atoms. The van der Waals surface area contributed by atoms with E-state index in [0.717, 1.165) is 5.01 Å². The number of hydrogen-bond acceptors (Lipinski definition) is 5. The number of ether oxygens (including phenoxy) is 1. The van der Waals surface area contributed by atoms with Gasteiger partial charge in [-0.05, 0) is 27.7 Å². The van der Waals surface area contributed by atoms with Crippen LogP contribution in [-0.4, -0.2) is 47.2 Å². The number of amides is 1. The van der Waals surface area contributed by atoms with Gasteiger partial charge in [-0.2, -0.15) is 0 Å². The number of thiazole rings is 1. The van der Waals surface area contributed by atoms with Crippen LogP contribution in [0.15, 0.2) is 0 Å². The molecule has 1 N–H and O–H groups in total. The molecule has 1 rings (SSSR count). The Hall–Kier alpha value is -0.980. The maximum absolute atomic E-state index is 12.3. The minimum Gasteiger partial charge on any atom is -0.389 e. The topological polar surface area (TPSA) is 62.7 Å². The van der Waals surface area contributed by atoms with Crippen LogP contribution in [0, 0.1) is 6.92 Å². The lowest BCUT2D eigenvalue weighted by Crippen LogP contribution is -2.39. The van der Waals surface area contributed by atoms with Crippen LogP contribution in [0.5, 0.6) is 0 Å². The van der Waals surface area contributed by atoms with E-state index in [2.05, 4.69) is 4.98 Å². The molecule has 0 radical (unpaired) electrons. The third-order valence-corrected chi connectivity index (χ3v) is 3.99. The Labute approximate surface area is 118 Å². The van der Waals surface area contributed by atoms with Crippen molar-refractivity contribution in [1.82, 2.24) is 9.88 Å². The van der Waals surface area contributed by atoms with Crippen molar-refractivity contribution in [3.8, 4) is 0 Å². The second kappa shape index (κ2) is 5.98. The molecule has 5 nitrogen and oxygen atoms in total. The summed E-state index contributed by atoms with van der Waals surface area (Å²) in [6.07, 6.45) is -0.121. The number of aryl methyl sites for hydroxylation is 1. The van der Waals surface area contributed by atoms with Gasteiger partial charge in [-0.1, -0.05) is 0 Å². The Balaban J connectivity index is 2.91. The number of likely N-dealkylation sites (N-methyl/N-ethyl adjacent to an activating group) is 1. The molecule has 1 aromatic heterocycles. The van der Waals surface area contributed by atoms with E-state index in [9.17, 15) is 9.90 Å². The maximum Gasteiger partial charge on any atom is 0.265 e. The highest BCUT2D eigenvalue weighted by atomic mass is 32.1. The van der Waals surface area contributed by atoms with Gasteiger partial charge in [0, 0.05) is 20.7 Å². The van der Waals surface area contributed by atoms with Crippen molar-refractivity contribution in [3.63, 3.8) is 0 Å². The van der Waals surface area contributed by atoms with E-state index < -0.39 is 5.60 Å². The van der Waals surface area contributed by atoms with Crippen molar-refractivity contribution in [2.45, 2.75) is 39.4 Å². The quantitative estimate of drug-likeness (QED) is 0.899. The average molecular weight is 286 g/mol. The third-order valence-electron chi connectivity index (χ3n) is 2.68. The maximum atomic E-state index is 12.3. The van der Waals surface area contributed by atoms with E-state index in [1.54, 1.807) is 28.0 Å². The zero-order valence-electron chi connectivity index (χ0n) is 12.4. The number of carbonyl (C=O) groups excluding carboxylic acids is 1. The van der Waals surface area contributed by atoms with Crippen LogP contribution in [-0.2, 0) is 4.74 Å². The van der Waals surface area contributed by atoms with Crippen molar-refractivity contribution in [2.24, 2.45) is 0 Å². The smallest absolute Gasteiger partial charge is 0.265 e. The fourth-order valence-corrected chi connectivity index (χ4v) is 2.81. The summed E-state index contributed by atoms with van der Waals surface area (Å²) in [5.74, 6) is -0.119. The number of methoxy groups -OCH3 is 1. The Bertz CT molecular complexity index is 451. The lowest BCUT2D eigenvalue weighted by atomic mass is 10.1. The van der Waals surface area contributed by atoms with E-state index in [-0.39, 0.29) is 18.6 Å². The van der Waals surface area contributed by atoms with E-state index in [1.807, 2.05) is 13.8 Å². The number of rotatable bonds is 5. The Morgan fingerprint density at radius 3 is 2.63 bits per heavy atom. The summed E-state index contributed by atoms with van der Waals surface area (Å²) in [6, 6.07) is 0. The molecule has 1 unspecified atom stereocenters. The Morgan fingerprint density at radius 1 is 1.58 bits per heavy atom. The second-order valence-corrected chi connectivity index (χ2v) is 6.35. The molecule has 0 saturated heterocycles. The average Bonchev–Trinajstić information content (AvgIpc) is 2.67. The SMILES string of the molecule is COC(C)c1nc(C)c(C(=O)N(C)CC(C)(C)O)s1. The predicted molar refractivity (Wildman–Crippen MR) is 75.5 cm³/mol. The lowest BCUT2D eigenvalue weighted by molar-refractivity contribution is 0.0370. The first-order valence-electron chi connectivity index (χ1n) is 6.13. The molecule has 1 aromatic rings. The van der Waals surface area contributed by atoms with Crippen LogP contribution in [0.3, 0.4) is 0 Å². The second-order valence-electron chi connectivity index (χ2n) is 5.32. The van der Waals surface area contributed by atoms with Gasteiger partial charge in [0.05, 0.1) is 11.3 Å². The summed E-state index contributed by atoms with van der Waals surface area (Å²) >= 11 is 1.35. The van der Waals surface area contributed by atoms with Gasteiger partial charge < -0.3 is 14.7 Å². The van der Waals surface area contributed by atoms with Gasteiger partial charge in [0.15, 0.2) is 0 Å². The number of aromatic nitrogens is 1. The highest BCUT2D eigenvalue weighted by molar-refractivity contribution is 7.13. The molecule has 0 aliphatic carbocycles. The van der Waals surface area contributed by atoms with Crippen molar-refractivity contribution in [2.75, 3.05) is 20.7 Å². The summed E-state index contributed by atoms with van der Waals surface area (Å²) in [5, 5.41) is 10.6. The van der Waals surface area contributed by atoms with E-state index >= 15 is 0 Å². The largest absolute Gasteiger partial charge is 0.389 e. The van der Waals surface area contributed by atoms with Crippen molar-refractivity contribution in [3.05, 3.63) is 15.6 Å². The summed E-state index contributed by atoms with van der Waals surface area (Å²) < 4.78 is 5.21. The summed E-state index contributed by atoms with van der Waals surface area (Å²) in [7, 11) is 3.29. The molecule has 19 heavy (non-hydrogen) atoms. The first-order valence-corrected chi connectivity index (χ1v) is 6.95. The molecule has 0 fully saturated rings. The predicted octanol–water partition coefficient (Wildman–Crippen LogP) is 2.00. The molecule has 0 spiro atoms. The highest BCUT2D eigenvalue weighted by Crippen LogP contribution is 2.26. The van der Waals surface area contributed by atoms with E-state index in [4.69, 9.17) is 4.74 Å². The molecule has 1 atom stereocenters. The molecular weight excluding hydrogens is 264 g/mol. The van der Waals surface area contributed by atoms with Gasteiger partial charge in [0.2, 0.25) is 0 Å². The normalized spacial score (nSPS) is 13.4. The van der Waals surface area contributed by atoms with Gasteiger partial charge >= 0.3 is 0 Å². The molecule has 6 heteroatoms. The number of aliphatic hydroxyl groups is 1. The number of hydrogen-bond donors (Lipinski definition) is 1. The van der Waals surface area contributed by atoms with Gasteiger partial charge in [-0.15, -0.1) is 11.3 Å². The molecule has 108 valence electrons. The van der Waals surface area contributed by atoms with Crippen LogP contribution in [0.25, 0.3) is 0 Å². The van der Waals surface area contributed by atoms with Crippen LogP contribution in [0.2, 0.25) is 0 Å². The van der Waals surface area contributed by atoms with Crippen LogP contribution in [0.1, 0.15) is 47.2 Å². The molecule has 1 heterocycles. The third kappa shape index (κ3) is 4.26. The van der Waals surface area contributed by atoms with Crippen molar-refractivity contribution < 1.29 is 14.6 Å². The summed E-state index contributed by atoms with van der Waals surface area (Å²) in [6.45, 7) is 7.34. The summed E-state index contributed by atoms with van der Waals surface area (Å²) in [5.41, 5.74) is -0.206. The Kier molecular flexibility index (Phi) is 5.06. The van der Waals surface area contributed by atoms with Crippen LogP contribution < -0.4 is 0 Å². The van der Waals surface area contributed by atoms with E-state index in [0.29, 0.717) is 10.6 Å². The number of carbonyl (C=O) groups is 1. The fraction of sp³-hybridized carbons (Fsp3) is 0.692. The summed E-state index contributed by atoms with van der Waals surface area (Å²) in [4.78, 5) is 18.8. The zero-order valence-corrected chi connectivity index (χ0v) is 13.2. The minimum atomic E-state index is -0.911. The molecule has 0 saturated carbocycles. The molecule has 0 aliphatic heterocycles. The zero-order chi connectivity index (χ0) is 14.8. The lowest BCUT2D eigenvalue weighted by Gasteiger charge is -2.25. The van der Waals surface area contributed by atoms with Gasteiger partial charge in [-0.3, -0.25) is 4.79 Å². The van der Waals surface area contributed by atoms with Gasteiger partial charge in [0.1, 0.15) is 16.0 Å². The fourth-order valence-electron chi connectivity index (χ4n) is 1.72. The van der Waals surface area contributed by atoms with Crippen LogP contribution >= 0.6 is 11.3 Å². The van der Waals surface area contributed by atoms with Crippen LogP contribution in [0.4, 0.5) is 0 Å². The molecular formula is C13H22N2O3S. The Morgan fingerprint density at radius 2 is 2.16 bits per heavy atom. The van der Waals surface area contributed by atoms with Crippen molar-refractivity contribution >= 4 is 17.2 Å². The van der Waals surface area contributed by atoms with Gasteiger partial charge in [-0.25, -0.2) is 4.98 Å². The highest BCUT2D eigenvalue weighted by Gasteiger charge is 2.24. The van der Waals surface area contributed by atoms with Gasteiger partial charge in [0.25, 0.3) is 5.91 Å². The first-order chi connectivity index (χ1) is 8.65.